The standard InChI is InChI=1S/C40H23N3.Pt/c1-3-12-26(13-4-1)28-16-7-9-18-30(28)36-24-22-34-32-20-11-21-33-35-23-25-37(42-40(35)43(38(32)33)39(34)41-36)31-19-10-8-17-29(31)27-14-5-2-6-15-27;/h1-12,14,16-25H;/q-2;+2. The molecule has 0 fully saturated rings. The maximum atomic E-state index is 5.34. The number of fused-ring (bicyclic) bond motifs is 6. The third kappa shape index (κ3) is 4.01. The summed E-state index contributed by atoms with van der Waals surface area (Å²) in [6.45, 7) is 0. The maximum Gasteiger partial charge on any atom is 2.00 e. The first-order chi connectivity index (χ1) is 21.3. The summed E-state index contributed by atoms with van der Waals surface area (Å²) in [5.41, 5.74) is 11.3. The van der Waals surface area contributed by atoms with Crippen molar-refractivity contribution >= 4 is 38.4 Å². The predicted molar refractivity (Wildman–Crippen MR) is 176 cm³/mol. The van der Waals surface area contributed by atoms with Crippen LogP contribution in [0.2, 0.25) is 0 Å². The van der Waals surface area contributed by atoms with Crippen LogP contribution in [-0.4, -0.2) is 14.4 Å². The molecular formula is C40H23N3Pt. The summed E-state index contributed by atoms with van der Waals surface area (Å²) in [4.78, 5) is 10.7. The Balaban J connectivity index is 0.00000289. The Kier molecular flexibility index (Phi) is 6.36. The largest absolute Gasteiger partial charge is 2.00 e. The van der Waals surface area contributed by atoms with E-state index in [0.717, 1.165) is 72.4 Å². The van der Waals surface area contributed by atoms with Gasteiger partial charge in [-0.1, -0.05) is 77.9 Å². The number of rotatable bonds is 4. The molecule has 3 nitrogen and oxygen atoms in total. The molecular weight excluding hydrogens is 718 g/mol. The second-order valence-electron chi connectivity index (χ2n) is 10.8. The predicted octanol–water partition coefficient (Wildman–Crippen LogP) is 9.89. The Morgan fingerprint density at radius 1 is 0.409 bits per heavy atom. The Hall–Kier alpha value is -5.11. The van der Waals surface area contributed by atoms with Crippen molar-refractivity contribution < 1.29 is 21.1 Å². The molecule has 4 heterocycles. The molecule has 9 rings (SSSR count). The van der Waals surface area contributed by atoms with Gasteiger partial charge in [0.15, 0.2) is 0 Å². The van der Waals surface area contributed by atoms with Crippen LogP contribution in [0.1, 0.15) is 0 Å². The van der Waals surface area contributed by atoms with Gasteiger partial charge in [-0.15, -0.1) is 71.8 Å². The minimum Gasteiger partial charge on any atom is -0.277 e. The topological polar surface area (TPSA) is 30.2 Å². The van der Waals surface area contributed by atoms with E-state index in [4.69, 9.17) is 9.97 Å². The molecule has 0 unspecified atom stereocenters. The van der Waals surface area contributed by atoms with Crippen LogP contribution in [0.25, 0.3) is 83.1 Å². The molecule has 0 saturated carbocycles. The van der Waals surface area contributed by atoms with Crippen LogP contribution in [0, 0.1) is 12.1 Å². The second-order valence-corrected chi connectivity index (χ2v) is 10.8. The summed E-state index contributed by atoms with van der Waals surface area (Å²) in [7, 11) is 0. The van der Waals surface area contributed by atoms with Crippen molar-refractivity contribution in [1.82, 2.24) is 14.4 Å². The molecule has 4 heteroatoms. The Labute approximate surface area is 269 Å². The van der Waals surface area contributed by atoms with Gasteiger partial charge in [0.05, 0.1) is 16.9 Å². The van der Waals surface area contributed by atoms with Gasteiger partial charge in [0, 0.05) is 21.5 Å². The minimum atomic E-state index is 0. The molecule has 0 amide bonds. The first kappa shape index (κ1) is 26.5. The molecule has 0 spiro atoms. The summed E-state index contributed by atoms with van der Waals surface area (Å²) in [6.07, 6.45) is 0. The van der Waals surface area contributed by atoms with Gasteiger partial charge in [0.1, 0.15) is 11.3 Å². The molecule has 0 saturated heterocycles. The Morgan fingerprint density at radius 3 is 1.32 bits per heavy atom. The monoisotopic (exact) mass is 740 g/mol. The van der Waals surface area contributed by atoms with Gasteiger partial charge in [-0.3, -0.25) is 4.40 Å². The fraction of sp³-hybridized carbons (Fsp3) is 0. The van der Waals surface area contributed by atoms with E-state index in [1.807, 2.05) is 24.3 Å². The van der Waals surface area contributed by atoms with Crippen LogP contribution in [-0.2, 0) is 21.1 Å². The molecule has 9 aromatic rings. The Bertz CT molecular complexity index is 2280. The van der Waals surface area contributed by atoms with Gasteiger partial charge in [-0.2, -0.15) is 0 Å². The van der Waals surface area contributed by atoms with Crippen molar-refractivity contribution in [1.29, 1.82) is 0 Å². The zero-order valence-electron chi connectivity index (χ0n) is 23.4. The van der Waals surface area contributed by atoms with Crippen LogP contribution < -0.4 is 0 Å². The molecule has 0 aliphatic carbocycles. The number of hydrogen-bond donors (Lipinski definition) is 0. The fourth-order valence-electron chi connectivity index (χ4n) is 6.49. The van der Waals surface area contributed by atoms with E-state index in [9.17, 15) is 0 Å². The van der Waals surface area contributed by atoms with Crippen molar-refractivity contribution in [3.63, 3.8) is 0 Å². The van der Waals surface area contributed by atoms with E-state index in [2.05, 4.69) is 132 Å². The maximum absolute atomic E-state index is 5.34. The van der Waals surface area contributed by atoms with Crippen LogP contribution in [0.15, 0.2) is 140 Å². The number of nitrogens with zero attached hydrogens (tertiary/aromatic N) is 3. The summed E-state index contributed by atoms with van der Waals surface area (Å²) in [5.74, 6) is 0. The van der Waals surface area contributed by atoms with Crippen molar-refractivity contribution in [2.75, 3.05) is 0 Å². The van der Waals surface area contributed by atoms with Crippen LogP contribution in [0.3, 0.4) is 0 Å². The SMILES string of the molecule is [Pt+2].[c-]1ccccc1-c1ccccc1-c1ccc2c3cccc4c5ccc(-c6ccccc6-c6[c-]cccc6)nc5n(c2n1)c34. The van der Waals surface area contributed by atoms with Crippen LogP contribution in [0.4, 0.5) is 0 Å². The molecule has 0 radical (unpaired) electrons. The minimum absolute atomic E-state index is 0. The Morgan fingerprint density at radius 2 is 0.864 bits per heavy atom. The quantitative estimate of drug-likeness (QED) is 0.168. The molecule has 0 N–H and O–H groups in total. The smallest absolute Gasteiger partial charge is 0.277 e. The van der Waals surface area contributed by atoms with Gasteiger partial charge in [0.25, 0.3) is 0 Å². The van der Waals surface area contributed by atoms with Gasteiger partial charge in [-0.25, -0.2) is 9.97 Å². The molecule has 44 heavy (non-hydrogen) atoms. The first-order valence-electron chi connectivity index (χ1n) is 14.4. The van der Waals surface area contributed by atoms with E-state index < -0.39 is 0 Å². The van der Waals surface area contributed by atoms with Crippen molar-refractivity contribution in [2.24, 2.45) is 0 Å². The molecule has 0 atom stereocenters. The summed E-state index contributed by atoms with van der Waals surface area (Å²) in [6, 6.07) is 55.1. The zero-order valence-corrected chi connectivity index (χ0v) is 25.7. The molecule has 0 bridgehead atoms. The molecule has 208 valence electrons. The molecule has 0 aliphatic rings. The number of pyridine rings is 2. The van der Waals surface area contributed by atoms with E-state index >= 15 is 0 Å². The number of aromatic nitrogens is 3. The van der Waals surface area contributed by atoms with Crippen LogP contribution >= 0.6 is 0 Å². The van der Waals surface area contributed by atoms with Crippen molar-refractivity contribution in [2.45, 2.75) is 0 Å². The number of hydrogen-bond acceptors (Lipinski definition) is 2. The van der Waals surface area contributed by atoms with E-state index in [1.165, 1.54) is 10.8 Å². The van der Waals surface area contributed by atoms with Crippen molar-refractivity contribution in [3.8, 4) is 44.8 Å². The fourth-order valence-corrected chi connectivity index (χ4v) is 6.49. The van der Waals surface area contributed by atoms with E-state index in [1.54, 1.807) is 0 Å². The summed E-state index contributed by atoms with van der Waals surface area (Å²) >= 11 is 0. The van der Waals surface area contributed by atoms with Crippen LogP contribution in [0.5, 0.6) is 0 Å². The number of para-hydroxylation sites is 1. The van der Waals surface area contributed by atoms with E-state index in [0.29, 0.717) is 0 Å². The van der Waals surface area contributed by atoms with Gasteiger partial charge in [-0.05, 0) is 35.4 Å². The number of benzene rings is 5. The average Bonchev–Trinajstić information content (AvgIpc) is 3.61. The average molecular weight is 741 g/mol. The molecule has 5 aromatic carbocycles. The third-order valence-corrected chi connectivity index (χ3v) is 8.42. The summed E-state index contributed by atoms with van der Waals surface area (Å²) < 4.78 is 2.26. The van der Waals surface area contributed by atoms with Crippen molar-refractivity contribution in [3.05, 3.63) is 152 Å². The van der Waals surface area contributed by atoms with E-state index in [-0.39, 0.29) is 21.1 Å². The molecule has 0 aliphatic heterocycles. The zero-order chi connectivity index (χ0) is 28.3. The third-order valence-electron chi connectivity index (χ3n) is 8.42. The second kappa shape index (κ2) is 10.6. The molecule has 4 aromatic heterocycles. The summed E-state index contributed by atoms with van der Waals surface area (Å²) in [5, 5.41) is 4.63. The van der Waals surface area contributed by atoms with Gasteiger partial charge >= 0.3 is 21.1 Å². The van der Waals surface area contributed by atoms with Gasteiger partial charge in [0.2, 0.25) is 0 Å². The first-order valence-corrected chi connectivity index (χ1v) is 14.4. The normalized spacial score (nSPS) is 11.5. The van der Waals surface area contributed by atoms with Gasteiger partial charge < -0.3 is 0 Å².